The summed E-state index contributed by atoms with van der Waals surface area (Å²) in [5, 5.41) is 8.86. The SMILES string of the molecule is COc1ccc(N2C(=O)CC(Sc3ccccc3C(=O)O)C2=O)cc1Cl. The normalized spacial score (nSPS) is 16.8. The van der Waals surface area contributed by atoms with Gasteiger partial charge in [-0.1, -0.05) is 23.7 Å². The van der Waals surface area contributed by atoms with Crippen molar-refractivity contribution >= 4 is 46.8 Å². The first-order valence-electron chi connectivity index (χ1n) is 7.61. The molecule has 1 heterocycles. The van der Waals surface area contributed by atoms with E-state index < -0.39 is 17.1 Å². The second kappa shape index (κ2) is 7.39. The van der Waals surface area contributed by atoms with Gasteiger partial charge in [0.1, 0.15) is 5.75 Å². The third kappa shape index (κ3) is 3.40. The number of thioether (sulfide) groups is 1. The third-order valence-corrected chi connectivity index (χ3v) is 5.44. The third-order valence-electron chi connectivity index (χ3n) is 3.89. The number of imide groups is 1. The molecule has 1 aliphatic heterocycles. The maximum atomic E-state index is 12.7. The van der Waals surface area contributed by atoms with Crippen molar-refractivity contribution in [3.63, 3.8) is 0 Å². The van der Waals surface area contributed by atoms with E-state index in [1.54, 1.807) is 30.3 Å². The number of ether oxygens (including phenoxy) is 1. The van der Waals surface area contributed by atoms with Crippen molar-refractivity contribution in [1.82, 2.24) is 0 Å². The van der Waals surface area contributed by atoms with Gasteiger partial charge in [-0.2, -0.15) is 0 Å². The number of methoxy groups -OCH3 is 1. The summed E-state index contributed by atoms with van der Waals surface area (Å²) in [5.74, 6) is -1.40. The summed E-state index contributed by atoms with van der Waals surface area (Å²) in [5.41, 5.74) is 0.462. The number of amides is 2. The zero-order valence-corrected chi connectivity index (χ0v) is 15.2. The molecule has 2 aromatic rings. The number of benzene rings is 2. The molecule has 2 aromatic carbocycles. The lowest BCUT2D eigenvalue weighted by atomic mass is 10.2. The lowest BCUT2D eigenvalue weighted by molar-refractivity contribution is -0.121. The van der Waals surface area contributed by atoms with Gasteiger partial charge in [-0.15, -0.1) is 11.8 Å². The van der Waals surface area contributed by atoms with E-state index in [2.05, 4.69) is 0 Å². The van der Waals surface area contributed by atoms with E-state index in [9.17, 15) is 19.5 Å². The summed E-state index contributed by atoms with van der Waals surface area (Å²) in [4.78, 5) is 37.9. The molecular formula is C18H14ClNO5S. The molecule has 1 saturated heterocycles. The molecule has 1 N–H and O–H groups in total. The van der Waals surface area contributed by atoms with Gasteiger partial charge in [0.05, 0.1) is 28.6 Å². The zero-order chi connectivity index (χ0) is 18.8. The Balaban J connectivity index is 1.86. The molecule has 2 amide bonds. The number of carbonyl (C=O) groups is 3. The Morgan fingerprint density at radius 2 is 2.00 bits per heavy atom. The fourth-order valence-corrected chi connectivity index (χ4v) is 4.09. The summed E-state index contributed by atoms with van der Waals surface area (Å²) in [6, 6.07) is 11.1. The molecule has 0 aromatic heterocycles. The van der Waals surface area contributed by atoms with Crippen LogP contribution in [-0.2, 0) is 9.59 Å². The predicted molar refractivity (Wildman–Crippen MR) is 98.2 cm³/mol. The highest BCUT2D eigenvalue weighted by molar-refractivity contribution is 8.00. The van der Waals surface area contributed by atoms with E-state index >= 15 is 0 Å². The van der Waals surface area contributed by atoms with Crippen LogP contribution >= 0.6 is 23.4 Å². The van der Waals surface area contributed by atoms with Crippen molar-refractivity contribution in [1.29, 1.82) is 0 Å². The second-order valence-electron chi connectivity index (χ2n) is 5.50. The number of rotatable bonds is 5. The van der Waals surface area contributed by atoms with E-state index in [0.717, 1.165) is 16.7 Å². The molecule has 6 nitrogen and oxygen atoms in total. The largest absolute Gasteiger partial charge is 0.495 e. The lowest BCUT2D eigenvalue weighted by Crippen LogP contribution is -2.31. The van der Waals surface area contributed by atoms with Crippen LogP contribution in [0.15, 0.2) is 47.4 Å². The Kier molecular flexibility index (Phi) is 5.20. The van der Waals surface area contributed by atoms with E-state index in [4.69, 9.17) is 16.3 Å². The van der Waals surface area contributed by atoms with Crippen LogP contribution < -0.4 is 9.64 Å². The van der Waals surface area contributed by atoms with Gasteiger partial charge in [0.25, 0.3) is 0 Å². The molecule has 0 spiro atoms. The van der Waals surface area contributed by atoms with Crippen molar-refractivity contribution < 1.29 is 24.2 Å². The molecule has 8 heteroatoms. The number of hydrogen-bond donors (Lipinski definition) is 1. The fraction of sp³-hybridized carbons (Fsp3) is 0.167. The minimum Gasteiger partial charge on any atom is -0.495 e. The Labute approximate surface area is 158 Å². The van der Waals surface area contributed by atoms with Crippen LogP contribution in [-0.4, -0.2) is 35.2 Å². The topological polar surface area (TPSA) is 83.9 Å². The van der Waals surface area contributed by atoms with Crippen molar-refractivity contribution in [3.8, 4) is 5.75 Å². The maximum absolute atomic E-state index is 12.7. The number of carbonyl (C=O) groups excluding carboxylic acids is 2. The number of halogens is 1. The highest BCUT2D eigenvalue weighted by Gasteiger charge is 2.40. The van der Waals surface area contributed by atoms with Gasteiger partial charge >= 0.3 is 5.97 Å². The maximum Gasteiger partial charge on any atom is 0.336 e. The molecule has 3 rings (SSSR count). The number of carboxylic acid groups (broad SMARTS) is 1. The van der Waals surface area contributed by atoms with Gasteiger partial charge in [-0.3, -0.25) is 9.59 Å². The molecule has 0 bridgehead atoms. The minimum absolute atomic E-state index is 0.0128. The molecular weight excluding hydrogens is 378 g/mol. The molecule has 1 unspecified atom stereocenters. The van der Waals surface area contributed by atoms with Crippen LogP contribution in [0.5, 0.6) is 5.75 Å². The lowest BCUT2D eigenvalue weighted by Gasteiger charge is -2.16. The monoisotopic (exact) mass is 391 g/mol. The van der Waals surface area contributed by atoms with Gasteiger partial charge in [-0.05, 0) is 30.3 Å². The number of anilines is 1. The molecule has 0 radical (unpaired) electrons. The highest BCUT2D eigenvalue weighted by atomic mass is 35.5. The Hall–Kier alpha value is -2.51. The van der Waals surface area contributed by atoms with Gasteiger partial charge in [0, 0.05) is 11.3 Å². The summed E-state index contributed by atoms with van der Waals surface area (Å²) >= 11 is 7.16. The van der Waals surface area contributed by atoms with E-state index in [1.807, 2.05) is 0 Å². The summed E-state index contributed by atoms with van der Waals surface area (Å²) in [6.45, 7) is 0. The quantitative estimate of drug-likeness (QED) is 0.785. The van der Waals surface area contributed by atoms with Crippen LogP contribution in [0.2, 0.25) is 5.02 Å². The van der Waals surface area contributed by atoms with Crippen LogP contribution in [0.25, 0.3) is 0 Å². The van der Waals surface area contributed by atoms with Gasteiger partial charge < -0.3 is 9.84 Å². The average Bonchev–Trinajstić information content (AvgIpc) is 2.88. The molecule has 1 aliphatic rings. The molecule has 134 valence electrons. The summed E-state index contributed by atoms with van der Waals surface area (Å²) < 4.78 is 5.07. The first-order valence-corrected chi connectivity index (χ1v) is 8.87. The number of nitrogens with zero attached hydrogens (tertiary/aromatic N) is 1. The molecule has 0 saturated carbocycles. The summed E-state index contributed by atoms with van der Waals surface area (Å²) in [7, 11) is 1.47. The fourth-order valence-electron chi connectivity index (χ4n) is 2.66. The Morgan fingerprint density at radius 3 is 2.65 bits per heavy atom. The van der Waals surface area contributed by atoms with Crippen molar-refractivity contribution in [2.45, 2.75) is 16.6 Å². The van der Waals surface area contributed by atoms with E-state index in [0.29, 0.717) is 16.3 Å². The van der Waals surface area contributed by atoms with Crippen molar-refractivity contribution in [2.75, 3.05) is 12.0 Å². The second-order valence-corrected chi connectivity index (χ2v) is 7.15. The number of carboxylic acids is 1. The van der Waals surface area contributed by atoms with Gasteiger partial charge in [0.15, 0.2) is 0 Å². The molecule has 26 heavy (non-hydrogen) atoms. The molecule has 0 aliphatic carbocycles. The smallest absolute Gasteiger partial charge is 0.336 e. The van der Waals surface area contributed by atoms with E-state index in [-0.39, 0.29) is 22.9 Å². The average molecular weight is 392 g/mol. The van der Waals surface area contributed by atoms with Crippen LogP contribution in [0.4, 0.5) is 5.69 Å². The highest BCUT2D eigenvalue weighted by Crippen LogP contribution is 2.37. The zero-order valence-electron chi connectivity index (χ0n) is 13.6. The first-order chi connectivity index (χ1) is 12.4. The number of aromatic carboxylic acids is 1. The van der Waals surface area contributed by atoms with Crippen molar-refractivity contribution in [3.05, 3.63) is 53.1 Å². The number of hydrogen-bond acceptors (Lipinski definition) is 5. The predicted octanol–water partition coefficient (Wildman–Crippen LogP) is 3.47. The van der Waals surface area contributed by atoms with Crippen LogP contribution in [0.3, 0.4) is 0 Å². The molecule has 1 atom stereocenters. The van der Waals surface area contributed by atoms with E-state index in [1.165, 1.54) is 19.2 Å². The Bertz CT molecular complexity index is 901. The standard InChI is InChI=1S/C18H14ClNO5S/c1-25-13-7-6-10(8-12(13)19)20-16(21)9-15(17(20)22)26-14-5-3-2-4-11(14)18(23)24/h2-8,15H,9H2,1H3,(H,23,24). The van der Waals surface area contributed by atoms with Crippen molar-refractivity contribution in [2.24, 2.45) is 0 Å². The minimum atomic E-state index is -1.08. The molecule has 1 fully saturated rings. The van der Waals surface area contributed by atoms with Gasteiger partial charge in [0.2, 0.25) is 11.8 Å². The Morgan fingerprint density at radius 1 is 1.27 bits per heavy atom. The first kappa shape index (κ1) is 18.3. The van der Waals surface area contributed by atoms with Crippen LogP contribution in [0, 0.1) is 0 Å². The van der Waals surface area contributed by atoms with Gasteiger partial charge in [-0.25, -0.2) is 9.69 Å². The van der Waals surface area contributed by atoms with Crippen LogP contribution in [0.1, 0.15) is 16.8 Å². The summed E-state index contributed by atoms with van der Waals surface area (Å²) in [6.07, 6.45) is -0.0128.